The molecule has 5 aromatic rings. The van der Waals surface area contributed by atoms with Crippen LogP contribution in [0.4, 0.5) is 17.1 Å². The van der Waals surface area contributed by atoms with Crippen molar-refractivity contribution in [1.82, 2.24) is 19.6 Å². The first-order chi connectivity index (χ1) is 14.4. The summed E-state index contributed by atoms with van der Waals surface area (Å²) in [6, 6.07) is 33.0. The first-order valence-corrected chi connectivity index (χ1v) is 9.28. The fourth-order valence-corrected chi connectivity index (χ4v) is 3.23. The number of anilines is 3. The molecule has 6 heteroatoms. The van der Waals surface area contributed by atoms with Gasteiger partial charge in [0.1, 0.15) is 0 Å². The van der Waals surface area contributed by atoms with Gasteiger partial charge in [-0.25, -0.2) is 0 Å². The smallest absolute Gasteiger partial charge is 0.358 e. The Morgan fingerprint density at radius 3 is 1.60 bits per heavy atom. The minimum Gasteiger partial charge on any atom is -0.358 e. The van der Waals surface area contributed by atoms with E-state index in [0.29, 0.717) is 0 Å². The van der Waals surface area contributed by atoms with Gasteiger partial charge in [-0.15, -0.1) is 36.4 Å². The van der Waals surface area contributed by atoms with Crippen LogP contribution < -0.4 is 4.90 Å². The number of nitrogens with zero attached hydrogens (tertiary/aromatic N) is 5. The molecule has 2 aromatic heterocycles. The van der Waals surface area contributed by atoms with Crippen molar-refractivity contribution in [3.8, 4) is 11.4 Å². The molecule has 0 amide bonds. The molecule has 2 heterocycles. The van der Waals surface area contributed by atoms with Crippen molar-refractivity contribution in [3.05, 3.63) is 116 Å². The van der Waals surface area contributed by atoms with E-state index in [1.54, 1.807) is 21.8 Å². The van der Waals surface area contributed by atoms with E-state index in [-0.39, 0.29) is 21.1 Å². The molecule has 0 N–H and O–H groups in total. The second-order valence-corrected chi connectivity index (χ2v) is 6.41. The maximum absolute atomic E-state index is 4.33. The third-order valence-electron chi connectivity index (χ3n) is 4.53. The summed E-state index contributed by atoms with van der Waals surface area (Å²) in [5.74, 6) is 0. The molecule has 0 spiro atoms. The maximum atomic E-state index is 4.33. The van der Waals surface area contributed by atoms with Gasteiger partial charge in [-0.2, -0.15) is 22.3 Å². The molecule has 0 saturated heterocycles. The maximum Gasteiger partial charge on any atom is 2.00 e. The number of benzene rings is 3. The average molecular weight is 571 g/mol. The van der Waals surface area contributed by atoms with Crippen LogP contribution in [0.1, 0.15) is 0 Å². The Morgan fingerprint density at radius 2 is 1.13 bits per heavy atom. The van der Waals surface area contributed by atoms with E-state index in [1.807, 2.05) is 79.1 Å². The van der Waals surface area contributed by atoms with Gasteiger partial charge < -0.3 is 4.90 Å². The number of para-hydroxylation sites is 1. The van der Waals surface area contributed by atoms with Crippen LogP contribution in [-0.2, 0) is 21.1 Å². The predicted molar refractivity (Wildman–Crippen MR) is 113 cm³/mol. The molecule has 30 heavy (non-hydrogen) atoms. The van der Waals surface area contributed by atoms with Crippen molar-refractivity contribution in [1.29, 1.82) is 0 Å². The zero-order valence-corrected chi connectivity index (χ0v) is 18.1. The van der Waals surface area contributed by atoms with E-state index < -0.39 is 0 Å². The molecule has 0 saturated carbocycles. The Labute approximate surface area is 189 Å². The largest absolute Gasteiger partial charge is 2.00 e. The zero-order chi connectivity index (χ0) is 19.5. The average Bonchev–Trinajstić information content (AvgIpc) is 3.50. The van der Waals surface area contributed by atoms with Gasteiger partial charge in [0.15, 0.2) is 0 Å². The molecule has 0 fully saturated rings. The van der Waals surface area contributed by atoms with Gasteiger partial charge >= 0.3 is 21.1 Å². The first kappa shape index (κ1) is 19.9. The summed E-state index contributed by atoms with van der Waals surface area (Å²) in [7, 11) is 0. The predicted octanol–water partition coefficient (Wildman–Crippen LogP) is 5.13. The minimum atomic E-state index is 0. The van der Waals surface area contributed by atoms with E-state index in [1.165, 1.54) is 0 Å². The van der Waals surface area contributed by atoms with Gasteiger partial charge in [0.2, 0.25) is 0 Å². The molecule has 0 radical (unpaired) electrons. The monoisotopic (exact) mass is 570 g/mol. The summed E-state index contributed by atoms with van der Waals surface area (Å²) in [6.07, 6.45) is 7.34. The summed E-state index contributed by atoms with van der Waals surface area (Å²) < 4.78 is 3.60. The van der Waals surface area contributed by atoms with Crippen LogP contribution in [0.5, 0.6) is 0 Å². The van der Waals surface area contributed by atoms with Gasteiger partial charge in [-0.1, -0.05) is 29.6 Å². The molecular weight excluding hydrogens is 553 g/mol. The van der Waals surface area contributed by atoms with Gasteiger partial charge in [0, 0.05) is 30.5 Å². The molecule has 5 rings (SSSR count). The summed E-state index contributed by atoms with van der Waals surface area (Å²) in [5, 5.41) is 8.66. The Balaban J connectivity index is 0.00000218. The third-order valence-corrected chi connectivity index (χ3v) is 4.53. The van der Waals surface area contributed by atoms with Crippen molar-refractivity contribution < 1.29 is 21.1 Å². The van der Waals surface area contributed by atoms with Crippen molar-refractivity contribution in [2.45, 2.75) is 0 Å². The minimum absolute atomic E-state index is 0. The number of aromatic nitrogens is 4. The van der Waals surface area contributed by atoms with Crippen LogP contribution >= 0.6 is 0 Å². The first-order valence-electron chi connectivity index (χ1n) is 9.28. The van der Waals surface area contributed by atoms with Crippen LogP contribution in [0, 0.1) is 12.1 Å². The van der Waals surface area contributed by atoms with Crippen LogP contribution in [0.2, 0.25) is 0 Å². The zero-order valence-electron chi connectivity index (χ0n) is 15.9. The van der Waals surface area contributed by atoms with Crippen LogP contribution in [0.3, 0.4) is 0 Å². The number of hydrogen-bond donors (Lipinski definition) is 0. The second kappa shape index (κ2) is 8.93. The summed E-state index contributed by atoms with van der Waals surface area (Å²) >= 11 is 0. The van der Waals surface area contributed by atoms with Crippen molar-refractivity contribution in [2.75, 3.05) is 4.90 Å². The standard InChI is InChI=1S/C24H17N5.Pt/c1-2-8-20(9-3-1)29(23-12-4-10-21(18-23)27-16-6-14-25-27)24-13-5-11-22(19-24)28-17-7-15-26-28;/h1-17H;/q-2;+2. The summed E-state index contributed by atoms with van der Waals surface area (Å²) in [4.78, 5) is 2.12. The number of hydrogen-bond acceptors (Lipinski definition) is 3. The van der Waals surface area contributed by atoms with E-state index in [0.717, 1.165) is 28.4 Å². The molecule has 0 aliphatic rings. The topological polar surface area (TPSA) is 38.9 Å². The van der Waals surface area contributed by atoms with Crippen LogP contribution in [0.15, 0.2) is 104 Å². The molecule has 0 aliphatic carbocycles. The van der Waals surface area contributed by atoms with E-state index in [4.69, 9.17) is 0 Å². The van der Waals surface area contributed by atoms with E-state index in [2.05, 4.69) is 39.4 Å². The Morgan fingerprint density at radius 1 is 0.600 bits per heavy atom. The fraction of sp³-hybridized carbons (Fsp3) is 0. The van der Waals surface area contributed by atoms with Crippen molar-refractivity contribution >= 4 is 17.1 Å². The third kappa shape index (κ3) is 3.98. The van der Waals surface area contributed by atoms with Gasteiger partial charge in [0.25, 0.3) is 0 Å². The fourth-order valence-electron chi connectivity index (χ4n) is 3.23. The van der Waals surface area contributed by atoms with Crippen molar-refractivity contribution in [2.24, 2.45) is 0 Å². The normalized spacial score (nSPS) is 10.4. The van der Waals surface area contributed by atoms with Crippen LogP contribution in [0.25, 0.3) is 11.4 Å². The second-order valence-electron chi connectivity index (χ2n) is 6.41. The van der Waals surface area contributed by atoms with Crippen LogP contribution in [-0.4, -0.2) is 19.6 Å². The molecule has 148 valence electrons. The molecule has 3 aromatic carbocycles. The Bertz CT molecular complexity index is 1120. The molecule has 0 aliphatic heterocycles. The SMILES string of the molecule is [Pt+2].[c-]1c(N(c2[c-]c(-n3cccn3)ccc2)c2ccccc2)cccc1-n1cccn1. The van der Waals surface area contributed by atoms with Gasteiger partial charge in [-0.3, -0.25) is 9.36 Å². The quantitative estimate of drug-likeness (QED) is 0.275. The van der Waals surface area contributed by atoms with E-state index in [9.17, 15) is 0 Å². The van der Waals surface area contributed by atoms with E-state index >= 15 is 0 Å². The molecule has 5 nitrogen and oxygen atoms in total. The summed E-state index contributed by atoms with van der Waals surface area (Å²) in [5.41, 5.74) is 4.57. The summed E-state index contributed by atoms with van der Waals surface area (Å²) in [6.45, 7) is 0. The molecule has 0 unspecified atom stereocenters. The van der Waals surface area contributed by atoms with Crippen molar-refractivity contribution in [3.63, 3.8) is 0 Å². The molecule has 0 bridgehead atoms. The Kier molecular flexibility index (Phi) is 5.91. The number of rotatable bonds is 5. The Hall–Kier alpha value is -3.43. The molecule has 0 atom stereocenters. The van der Waals surface area contributed by atoms with Gasteiger partial charge in [0.05, 0.1) is 0 Å². The van der Waals surface area contributed by atoms with Gasteiger partial charge in [-0.05, 0) is 35.6 Å². The molecular formula is C24H17N5Pt.